The largest absolute Gasteiger partial charge is 0.467 e. The number of ether oxygens (including phenoxy) is 1. The highest BCUT2D eigenvalue weighted by atomic mass is 79.9. The number of fused-ring (bicyclic) bond motifs is 4. The van der Waals surface area contributed by atoms with Crippen LogP contribution in [0.1, 0.15) is 31.9 Å². The molecule has 2 aliphatic rings. The molecule has 0 saturated carbocycles. The maximum atomic E-state index is 11.1. The molecule has 4 rings (SSSR count). The van der Waals surface area contributed by atoms with Crippen molar-refractivity contribution < 1.29 is 9.66 Å². The lowest BCUT2D eigenvalue weighted by Gasteiger charge is -2.48. The lowest BCUT2D eigenvalue weighted by Crippen LogP contribution is -2.59. The van der Waals surface area contributed by atoms with E-state index in [1.807, 2.05) is 6.07 Å². The number of nitro groups is 1. The molecule has 5 nitrogen and oxygen atoms in total. The monoisotopic (exact) mass is 388 g/mol. The first kappa shape index (κ1) is 15.4. The van der Waals surface area contributed by atoms with Gasteiger partial charge < -0.3 is 9.64 Å². The molecule has 24 heavy (non-hydrogen) atoms. The molecular weight excluding hydrogens is 372 g/mol. The van der Waals surface area contributed by atoms with Crippen LogP contribution in [-0.4, -0.2) is 10.6 Å². The van der Waals surface area contributed by atoms with E-state index in [0.717, 1.165) is 21.5 Å². The van der Waals surface area contributed by atoms with Crippen molar-refractivity contribution in [1.29, 1.82) is 0 Å². The van der Waals surface area contributed by atoms with Crippen LogP contribution in [0.4, 0.5) is 11.4 Å². The van der Waals surface area contributed by atoms with Gasteiger partial charge in [0.2, 0.25) is 0 Å². The maximum Gasteiger partial charge on any atom is 0.270 e. The molecule has 0 N–H and O–H groups in total. The smallest absolute Gasteiger partial charge is 0.270 e. The number of nitro benzene ring substituents is 1. The molecule has 2 aromatic carbocycles. The minimum Gasteiger partial charge on any atom is -0.467 e. The Labute approximate surface area is 148 Å². The summed E-state index contributed by atoms with van der Waals surface area (Å²) in [4.78, 5) is 12.9. The van der Waals surface area contributed by atoms with E-state index in [-0.39, 0.29) is 16.0 Å². The summed E-state index contributed by atoms with van der Waals surface area (Å²) >= 11 is 3.55. The van der Waals surface area contributed by atoms with Crippen LogP contribution in [0.25, 0.3) is 0 Å². The van der Waals surface area contributed by atoms with Gasteiger partial charge in [-0.25, -0.2) is 0 Å². The highest BCUT2D eigenvalue weighted by Crippen LogP contribution is 2.55. The van der Waals surface area contributed by atoms with Crippen LogP contribution in [0.15, 0.2) is 40.9 Å². The molecule has 2 aliphatic heterocycles. The van der Waals surface area contributed by atoms with Gasteiger partial charge in [0.1, 0.15) is 5.75 Å². The molecule has 0 fully saturated rings. The fourth-order valence-electron chi connectivity index (χ4n) is 3.77. The highest BCUT2D eigenvalue weighted by Gasteiger charge is 2.57. The number of halogens is 1. The second-order valence-corrected chi connectivity index (χ2v) is 7.92. The summed E-state index contributed by atoms with van der Waals surface area (Å²) in [7, 11) is 0. The first-order valence-corrected chi connectivity index (χ1v) is 8.57. The van der Waals surface area contributed by atoms with Gasteiger partial charge in [-0.2, -0.15) is 0 Å². The molecule has 0 bridgehead atoms. The van der Waals surface area contributed by atoms with Crippen molar-refractivity contribution >= 4 is 27.3 Å². The lowest BCUT2D eigenvalue weighted by atomic mass is 9.78. The molecule has 0 saturated heterocycles. The van der Waals surface area contributed by atoms with Gasteiger partial charge in [-0.05, 0) is 50.6 Å². The molecule has 2 aromatic rings. The summed E-state index contributed by atoms with van der Waals surface area (Å²) in [6.07, 6.45) is 0. The zero-order valence-corrected chi connectivity index (χ0v) is 15.3. The molecule has 6 heteroatoms. The van der Waals surface area contributed by atoms with E-state index < -0.39 is 5.72 Å². The predicted octanol–water partition coefficient (Wildman–Crippen LogP) is 4.76. The number of hydrogen-bond donors (Lipinski definition) is 0. The topological polar surface area (TPSA) is 55.6 Å². The zero-order valence-electron chi connectivity index (χ0n) is 13.7. The minimum atomic E-state index is -0.542. The molecule has 2 heterocycles. The lowest BCUT2D eigenvalue weighted by molar-refractivity contribution is -0.385. The highest BCUT2D eigenvalue weighted by molar-refractivity contribution is 9.10. The van der Waals surface area contributed by atoms with Gasteiger partial charge in [-0.3, -0.25) is 10.1 Å². The van der Waals surface area contributed by atoms with Crippen LogP contribution in [0.2, 0.25) is 0 Å². The average molecular weight is 389 g/mol. The first-order chi connectivity index (χ1) is 11.2. The fraction of sp³-hybridized carbons (Fsp3) is 0.333. The molecule has 0 amide bonds. The SMILES string of the molecule is CC1(C)c2cc(Br)ccc2N2Cc3cc([N+](=O)[O-])ccc3O[C@@]21C. The van der Waals surface area contributed by atoms with Crippen molar-refractivity contribution in [3.63, 3.8) is 0 Å². The van der Waals surface area contributed by atoms with Crippen LogP contribution < -0.4 is 9.64 Å². The Hall–Kier alpha value is -2.08. The van der Waals surface area contributed by atoms with Crippen molar-refractivity contribution in [3.8, 4) is 5.75 Å². The first-order valence-electron chi connectivity index (χ1n) is 7.78. The van der Waals surface area contributed by atoms with E-state index in [9.17, 15) is 10.1 Å². The van der Waals surface area contributed by atoms with E-state index in [4.69, 9.17) is 4.74 Å². The number of hydrogen-bond acceptors (Lipinski definition) is 4. The number of benzene rings is 2. The van der Waals surface area contributed by atoms with Crippen LogP contribution in [0, 0.1) is 10.1 Å². The second-order valence-electron chi connectivity index (χ2n) is 7.01. The Bertz CT molecular complexity index is 881. The molecular formula is C18H17BrN2O3. The molecule has 0 unspecified atom stereocenters. The molecule has 0 aliphatic carbocycles. The standard InChI is InChI=1S/C18H17BrN2O3/c1-17(2)14-9-12(19)4-6-15(14)20-10-11-8-13(21(22)23)5-7-16(11)24-18(17,20)3/h4-9H,10H2,1-3H3/t18-/m1/s1. The molecule has 1 atom stereocenters. The van der Waals surface area contributed by atoms with E-state index >= 15 is 0 Å². The third-order valence-electron chi connectivity index (χ3n) is 5.49. The van der Waals surface area contributed by atoms with Crippen LogP contribution in [0.3, 0.4) is 0 Å². The van der Waals surface area contributed by atoms with Gasteiger partial charge in [0, 0.05) is 27.9 Å². The Morgan fingerprint density at radius 3 is 2.67 bits per heavy atom. The summed E-state index contributed by atoms with van der Waals surface area (Å²) in [5, 5.41) is 11.1. The number of anilines is 1. The van der Waals surface area contributed by atoms with Gasteiger partial charge >= 0.3 is 0 Å². The number of rotatable bonds is 1. The van der Waals surface area contributed by atoms with Gasteiger partial charge in [0.05, 0.1) is 16.9 Å². The van der Waals surface area contributed by atoms with E-state index in [0.29, 0.717) is 6.54 Å². The van der Waals surface area contributed by atoms with E-state index in [2.05, 4.69) is 53.7 Å². The Morgan fingerprint density at radius 2 is 1.96 bits per heavy atom. The van der Waals surface area contributed by atoms with Gasteiger partial charge in [0.25, 0.3) is 5.69 Å². The summed E-state index contributed by atoms with van der Waals surface area (Å²) in [5.41, 5.74) is 2.48. The number of non-ortho nitro benzene ring substituents is 1. The molecule has 124 valence electrons. The maximum absolute atomic E-state index is 11.1. The fourth-order valence-corrected chi connectivity index (χ4v) is 4.13. The quantitative estimate of drug-likeness (QED) is 0.521. The van der Waals surface area contributed by atoms with Gasteiger partial charge in [0.15, 0.2) is 5.72 Å². The van der Waals surface area contributed by atoms with Gasteiger partial charge in [-0.15, -0.1) is 0 Å². The van der Waals surface area contributed by atoms with E-state index in [1.54, 1.807) is 12.1 Å². The summed E-state index contributed by atoms with van der Waals surface area (Å²) in [6.45, 7) is 7.03. The summed E-state index contributed by atoms with van der Waals surface area (Å²) in [6, 6.07) is 11.1. The predicted molar refractivity (Wildman–Crippen MR) is 95.5 cm³/mol. The van der Waals surface area contributed by atoms with Crippen molar-refractivity contribution in [2.24, 2.45) is 0 Å². The zero-order chi connectivity index (χ0) is 17.3. The summed E-state index contributed by atoms with van der Waals surface area (Å²) in [5.74, 6) is 0.722. The van der Waals surface area contributed by atoms with Crippen molar-refractivity contribution in [3.05, 3.63) is 62.1 Å². The van der Waals surface area contributed by atoms with Crippen LogP contribution in [-0.2, 0) is 12.0 Å². The van der Waals surface area contributed by atoms with Gasteiger partial charge in [-0.1, -0.05) is 15.9 Å². The molecule has 0 radical (unpaired) electrons. The summed E-state index contributed by atoms with van der Waals surface area (Å²) < 4.78 is 7.44. The van der Waals surface area contributed by atoms with Crippen LogP contribution >= 0.6 is 15.9 Å². The number of nitrogens with zero attached hydrogens (tertiary/aromatic N) is 2. The second kappa shape index (κ2) is 4.72. The normalized spacial score (nSPS) is 23.1. The third kappa shape index (κ3) is 1.86. The average Bonchev–Trinajstić information content (AvgIpc) is 2.69. The molecule has 0 spiro atoms. The van der Waals surface area contributed by atoms with Crippen molar-refractivity contribution in [1.82, 2.24) is 0 Å². The van der Waals surface area contributed by atoms with E-state index in [1.165, 1.54) is 11.6 Å². The van der Waals surface area contributed by atoms with Crippen molar-refractivity contribution in [2.75, 3.05) is 4.90 Å². The Balaban J connectivity index is 1.88. The van der Waals surface area contributed by atoms with Crippen molar-refractivity contribution in [2.45, 2.75) is 38.5 Å². The minimum absolute atomic E-state index is 0.0930. The third-order valence-corrected chi connectivity index (χ3v) is 5.98. The Morgan fingerprint density at radius 1 is 1.21 bits per heavy atom. The molecule has 0 aromatic heterocycles. The Kier molecular flexibility index (Phi) is 3.04. The van der Waals surface area contributed by atoms with Crippen LogP contribution in [0.5, 0.6) is 5.75 Å².